The van der Waals surface area contributed by atoms with Crippen molar-refractivity contribution in [3.8, 4) is 0 Å². The maximum absolute atomic E-state index is 11.6. The molecular formula is C8H7N5O2S. The third kappa shape index (κ3) is 2.11. The Kier molecular flexibility index (Phi) is 2.73. The van der Waals surface area contributed by atoms with Crippen molar-refractivity contribution < 1.29 is 4.79 Å². The summed E-state index contributed by atoms with van der Waals surface area (Å²) in [4.78, 5) is 25.9. The van der Waals surface area contributed by atoms with Crippen LogP contribution in [0.1, 0.15) is 16.1 Å². The van der Waals surface area contributed by atoms with E-state index < -0.39 is 5.91 Å². The van der Waals surface area contributed by atoms with E-state index in [-0.39, 0.29) is 16.1 Å². The molecule has 2 aromatic heterocycles. The van der Waals surface area contributed by atoms with Crippen LogP contribution in [0, 0.1) is 6.92 Å². The lowest BCUT2D eigenvalue weighted by molar-refractivity contribution is 0.102. The van der Waals surface area contributed by atoms with Gasteiger partial charge in [0.05, 0.1) is 0 Å². The first-order chi connectivity index (χ1) is 7.66. The highest BCUT2D eigenvalue weighted by molar-refractivity contribution is 7.09. The van der Waals surface area contributed by atoms with Crippen molar-refractivity contribution in [2.24, 2.45) is 0 Å². The Hall–Kier alpha value is -2.09. The van der Waals surface area contributed by atoms with E-state index in [1.807, 2.05) is 0 Å². The highest BCUT2D eigenvalue weighted by atomic mass is 32.1. The van der Waals surface area contributed by atoms with Crippen molar-refractivity contribution in [2.45, 2.75) is 6.92 Å². The van der Waals surface area contributed by atoms with Crippen LogP contribution in [0.3, 0.4) is 0 Å². The maximum Gasteiger partial charge on any atom is 0.262 e. The first-order valence-corrected chi connectivity index (χ1v) is 5.10. The lowest BCUT2D eigenvalue weighted by atomic mass is 10.2. The predicted molar refractivity (Wildman–Crippen MR) is 57.5 cm³/mol. The molecule has 0 bridgehead atoms. The van der Waals surface area contributed by atoms with E-state index >= 15 is 0 Å². The minimum Gasteiger partial charge on any atom is -0.364 e. The number of H-pyrrole nitrogens is 1. The molecule has 0 saturated carbocycles. The summed E-state index contributed by atoms with van der Waals surface area (Å²) in [5.41, 5.74) is 0.381. The van der Waals surface area contributed by atoms with Crippen LogP contribution in [-0.4, -0.2) is 25.7 Å². The number of aromatic amines is 1. The number of aromatic nitrogens is 4. The average Bonchev–Trinajstić information content (AvgIpc) is 2.70. The Morgan fingerprint density at radius 1 is 1.56 bits per heavy atom. The van der Waals surface area contributed by atoms with Crippen molar-refractivity contribution in [1.82, 2.24) is 19.8 Å². The molecule has 2 aromatic rings. The minimum absolute atomic E-state index is 0.0285. The van der Waals surface area contributed by atoms with Crippen molar-refractivity contribution in [3.63, 3.8) is 0 Å². The summed E-state index contributed by atoms with van der Waals surface area (Å²) >= 11 is 0.939. The van der Waals surface area contributed by atoms with Crippen molar-refractivity contribution in [3.05, 3.63) is 33.7 Å². The fraction of sp³-hybridized carbons (Fsp3) is 0.125. The molecule has 82 valence electrons. The summed E-state index contributed by atoms with van der Waals surface area (Å²) in [7, 11) is 0. The van der Waals surface area contributed by atoms with Crippen LogP contribution in [0.4, 0.5) is 5.13 Å². The summed E-state index contributed by atoms with van der Waals surface area (Å²) < 4.78 is 3.49. The molecule has 0 aromatic carbocycles. The molecule has 1 amide bonds. The van der Waals surface area contributed by atoms with Gasteiger partial charge in [0.15, 0.2) is 5.43 Å². The van der Waals surface area contributed by atoms with Gasteiger partial charge >= 0.3 is 0 Å². The number of hydrogen-bond donors (Lipinski definition) is 2. The normalized spacial score (nSPS) is 10.1. The van der Waals surface area contributed by atoms with Gasteiger partial charge in [-0.2, -0.15) is 0 Å². The molecule has 0 aliphatic heterocycles. The van der Waals surface area contributed by atoms with Gasteiger partial charge in [-0.05, 0) is 12.1 Å². The zero-order valence-corrected chi connectivity index (χ0v) is 9.04. The molecule has 0 unspecified atom stereocenters. The second kappa shape index (κ2) is 4.19. The second-order valence-corrected chi connectivity index (χ2v) is 3.75. The van der Waals surface area contributed by atoms with Gasteiger partial charge in [0.25, 0.3) is 5.91 Å². The fourth-order valence-corrected chi connectivity index (χ4v) is 1.46. The second-order valence-electron chi connectivity index (χ2n) is 3.02. The summed E-state index contributed by atoms with van der Waals surface area (Å²) in [6.45, 7) is 1.73. The van der Waals surface area contributed by atoms with Crippen molar-refractivity contribution in [1.29, 1.82) is 0 Å². The van der Waals surface area contributed by atoms with Gasteiger partial charge in [-0.25, -0.2) is 0 Å². The lowest BCUT2D eigenvalue weighted by Crippen LogP contribution is -2.21. The van der Waals surface area contributed by atoms with Gasteiger partial charge in [0.2, 0.25) is 5.13 Å². The smallest absolute Gasteiger partial charge is 0.262 e. The summed E-state index contributed by atoms with van der Waals surface area (Å²) in [6.07, 6.45) is 1.36. The molecule has 0 saturated heterocycles. The minimum atomic E-state index is -0.528. The van der Waals surface area contributed by atoms with E-state index in [4.69, 9.17) is 0 Å². The zero-order valence-electron chi connectivity index (χ0n) is 8.22. The van der Waals surface area contributed by atoms with Gasteiger partial charge in [-0.15, -0.1) is 0 Å². The Morgan fingerprint density at radius 3 is 3.00 bits per heavy atom. The van der Waals surface area contributed by atoms with Crippen molar-refractivity contribution >= 4 is 22.6 Å². The number of nitrogens with one attached hydrogen (secondary N) is 2. The van der Waals surface area contributed by atoms with E-state index in [0.717, 1.165) is 11.5 Å². The van der Waals surface area contributed by atoms with Crippen LogP contribution < -0.4 is 10.7 Å². The summed E-state index contributed by atoms with van der Waals surface area (Å²) in [5, 5.41) is 9.54. The number of carbonyl (C=O) groups is 1. The average molecular weight is 237 g/mol. The standard InChI is InChI=1S/C8H7N5O2S/c1-4-2-6(14)5(3-9-4)7(15)10-8-11-12-13-16-8/h2-3H,1H3,(H,9,14)(H,10,11,13,15). The van der Waals surface area contributed by atoms with E-state index in [1.54, 1.807) is 6.92 Å². The van der Waals surface area contributed by atoms with E-state index in [9.17, 15) is 9.59 Å². The Balaban J connectivity index is 2.25. The monoisotopic (exact) mass is 237 g/mol. The molecular weight excluding hydrogens is 230 g/mol. The fourth-order valence-electron chi connectivity index (χ4n) is 1.10. The molecule has 0 radical (unpaired) electrons. The molecule has 0 aliphatic carbocycles. The van der Waals surface area contributed by atoms with Gasteiger partial charge in [-0.1, -0.05) is 9.59 Å². The van der Waals surface area contributed by atoms with E-state index in [0.29, 0.717) is 5.69 Å². The van der Waals surface area contributed by atoms with Crippen LogP contribution in [0.15, 0.2) is 17.1 Å². The molecule has 16 heavy (non-hydrogen) atoms. The Morgan fingerprint density at radius 2 is 2.38 bits per heavy atom. The summed E-state index contributed by atoms with van der Waals surface area (Å²) in [6, 6.07) is 1.35. The lowest BCUT2D eigenvalue weighted by Gasteiger charge is -2.00. The third-order valence-electron chi connectivity index (χ3n) is 1.82. The number of carbonyl (C=O) groups excluding carboxylic acids is 1. The first-order valence-electron chi connectivity index (χ1n) is 4.32. The van der Waals surface area contributed by atoms with Crippen LogP contribution in [-0.2, 0) is 0 Å². The first kappa shape index (κ1) is 10.4. The molecule has 0 spiro atoms. The Labute approximate surface area is 93.7 Å². The molecule has 0 atom stereocenters. The van der Waals surface area contributed by atoms with Crippen LogP contribution in [0.5, 0.6) is 0 Å². The topological polar surface area (TPSA) is 101 Å². The highest BCUT2D eigenvalue weighted by Gasteiger charge is 2.12. The van der Waals surface area contributed by atoms with Gasteiger partial charge in [0.1, 0.15) is 5.56 Å². The predicted octanol–water partition coefficient (Wildman–Crippen LogP) is 0.182. The van der Waals surface area contributed by atoms with E-state index in [2.05, 4.69) is 25.1 Å². The molecule has 2 rings (SSSR count). The SMILES string of the molecule is Cc1cc(=O)c(C(=O)Nc2nnns2)c[nH]1. The number of rotatable bonds is 2. The molecule has 8 heteroatoms. The van der Waals surface area contributed by atoms with Crippen LogP contribution in [0.2, 0.25) is 0 Å². The number of pyridine rings is 1. The van der Waals surface area contributed by atoms with Crippen LogP contribution >= 0.6 is 11.5 Å². The maximum atomic E-state index is 11.6. The van der Waals surface area contributed by atoms with Crippen molar-refractivity contribution in [2.75, 3.05) is 5.32 Å². The van der Waals surface area contributed by atoms with E-state index in [1.165, 1.54) is 12.3 Å². The molecule has 0 fully saturated rings. The highest BCUT2D eigenvalue weighted by Crippen LogP contribution is 2.06. The van der Waals surface area contributed by atoms with Crippen LogP contribution in [0.25, 0.3) is 0 Å². The molecule has 2 N–H and O–H groups in total. The molecule has 2 heterocycles. The Bertz CT molecular complexity index is 562. The number of aryl methyl sites for hydroxylation is 1. The largest absolute Gasteiger partial charge is 0.364 e. The molecule has 0 aliphatic rings. The van der Waals surface area contributed by atoms with Gasteiger partial charge < -0.3 is 4.98 Å². The summed E-state index contributed by atoms with van der Waals surface area (Å²) in [5.74, 6) is -0.528. The van der Waals surface area contributed by atoms with Gasteiger partial charge in [0, 0.05) is 29.5 Å². The number of amides is 1. The quantitative estimate of drug-likeness (QED) is 0.776. The number of nitrogens with zero attached hydrogens (tertiary/aromatic N) is 3. The number of anilines is 1. The third-order valence-corrected chi connectivity index (χ3v) is 2.33. The number of hydrogen-bond acceptors (Lipinski definition) is 6. The zero-order chi connectivity index (χ0) is 11.5. The van der Waals surface area contributed by atoms with Gasteiger partial charge in [-0.3, -0.25) is 14.9 Å². The molecule has 7 nitrogen and oxygen atoms in total.